The second-order valence-electron chi connectivity index (χ2n) is 3.90. The van der Waals surface area contributed by atoms with Crippen LogP contribution in [0.15, 0.2) is 30.5 Å². The molecule has 0 saturated heterocycles. The van der Waals surface area contributed by atoms with Gasteiger partial charge in [-0.25, -0.2) is 9.37 Å². The number of aryl methyl sites for hydroxylation is 1. The summed E-state index contributed by atoms with van der Waals surface area (Å²) in [6.07, 6.45) is 1.29. The number of carbonyl (C=O) groups excluding carboxylic acids is 1. The van der Waals surface area contributed by atoms with Crippen LogP contribution < -0.4 is 5.32 Å². The van der Waals surface area contributed by atoms with Crippen LogP contribution in [0.5, 0.6) is 0 Å². The lowest BCUT2D eigenvalue weighted by Crippen LogP contribution is -2.13. The Morgan fingerprint density at radius 3 is 2.74 bits per heavy atom. The van der Waals surface area contributed by atoms with Gasteiger partial charge in [0.2, 0.25) is 0 Å². The molecule has 0 fully saturated rings. The van der Waals surface area contributed by atoms with Crippen LogP contribution in [0.2, 0.25) is 10.2 Å². The van der Waals surface area contributed by atoms with Crippen molar-refractivity contribution >= 4 is 34.8 Å². The number of hydrogen-bond donors (Lipinski definition) is 1. The number of halogens is 3. The highest BCUT2D eigenvalue weighted by Crippen LogP contribution is 2.20. The summed E-state index contributed by atoms with van der Waals surface area (Å²) in [6.45, 7) is 1.64. The van der Waals surface area contributed by atoms with Gasteiger partial charge in [-0.05, 0) is 30.7 Å². The van der Waals surface area contributed by atoms with E-state index in [2.05, 4.69) is 10.3 Å². The number of carbonyl (C=O) groups is 1. The Morgan fingerprint density at radius 2 is 2.05 bits per heavy atom. The predicted octanol–water partition coefficient (Wildman–Crippen LogP) is 4.09. The normalized spacial score (nSPS) is 10.3. The minimum Gasteiger partial charge on any atom is -0.322 e. The van der Waals surface area contributed by atoms with Gasteiger partial charge in [-0.15, -0.1) is 0 Å². The number of nitrogens with one attached hydrogen (secondary N) is 1. The standard InChI is InChI=1S/C13H9Cl2FN2O/c1-7-2-3-8(4-11(7)16)18-13(19)9-5-12(15)17-6-10(9)14/h2-6H,1H3,(H,18,19). The Labute approximate surface area is 119 Å². The highest BCUT2D eigenvalue weighted by Gasteiger charge is 2.12. The Balaban J connectivity index is 2.25. The lowest BCUT2D eigenvalue weighted by Gasteiger charge is -2.07. The zero-order valence-electron chi connectivity index (χ0n) is 9.88. The number of hydrogen-bond acceptors (Lipinski definition) is 2. The maximum atomic E-state index is 13.4. The predicted molar refractivity (Wildman–Crippen MR) is 73.3 cm³/mol. The molecule has 0 unspecified atom stereocenters. The van der Waals surface area contributed by atoms with E-state index in [4.69, 9.17) is 23.2 Å². The Morgan fingerprint density at radius 1 is 1.32 bits per heavy atom. The molecule has 0 bridgehead atoms. The van der Waals surface area contributed by atoms with Gasteiger partial charge < -0.3 is 5.32 Å². The topological polar surface area (TPSA) is 42.0 Å². The summed E-state index contributed by atoms with van der Waals surface area (Å²) in [5.74, 6) is -0.866. The molecule has 0 aliphatic carbocycles. The van der Waals surface area contributed by atoms with Gasteiger partial charge in [0.05, 0.1) is 10.6 Å². The van der Waals surface area contributed by atoms with Crippen LogP contribution in [0, 0.1) is 12.7 Å². The molecule has 0 aliphatic rings. The molecule has 1 amide bonds. The molecule has 0 spiro atoms. The van der Waals surface area contributed by atoms with E-state index in [-0.39, 0.29) is 15.7 Å². The van der Waals surface area contributed by atoms with Gasteiger partial charge in [0, 0.05) is 11.9 Å². The summed E-state index contributed by atoms with van der Waals surface area (Å²) in [6, 6.07) is 5.77. The SMILES string of the molecule is Cc1ccc(NC(=O)c2cc(Cl)ncc2Cl)cc1F. The average Bonchev–Trinajstić information content (AvgIpc) is 2.36. The monoisotopic (exact) mass is 298 g/mol. The van der Waals surface area contributed by atoms with E-state index in [1.54, 1.807) is 19.1 Å². The van der Waals surface area contributed by atoms with Gasteiger partial charge in [0.25, 0.3) is 5.91 Å². The van der Waals surface area contributed by atoms with Crippen molar-refractivity contribution in [2.45, 2.75) is 6.92 Å². The van der Waals surface area contributed by atoms with E-state index < -0.39 is 11.7 Å². The molecule has 1 aromatic carbocycles. The van der Waals surface area contributed by atoms with Crippen molar-refractivity contribution in [1.82, 2.24) is 4.98 Å². The first kappa shape index (κ1) is 13.8. The van der Waals surface area contributed by atoms with E-state index in [0.717, 1.165) is 0 Å². The zero-order valence-corrected chi connectivity index (χ0v) is 11.4. The first-order valence-corrected chi connectivity index (χ1v) is 6.11. The van der Waals surface area contributed by atoms with Crippen molar-refractivity contribution < 1.29 is 9.18 Å². The third kappa shape index (κ3) is 3.22. The lowest BCUT2D eigenvalue weighted by atomic mass is 10.2. The van der Waals surface area contributed by atoms with E-state index in [1.165, 1.54) is 18.3 Å². The van der Waals surface area contributed by atoms with Crippen molar-refractivity contribution in [2.75, 3.05) is 5.32 Å². The summed E-state index contributed by atoms with van der Waals surface area (Å²) in [7, 11) is 0. The van der Waals surface area contributed by atoms with Gasteiger partial charge in [0.15, 0.2) is 0 Å². The zero-order chi connectivity index (χ0) is 14.0. The molecule has 2 aromatic rings. The average molecular weight is 299 g/mol. The molecule has 6 heteroatoms. The van der Waals surface area contributed by atoms with Gasteiger partial charge >= 0.3 is 0 Å². The number of anilines is 1. The third-order valence-corrected chi connectivity index (χ3v) is 3.00. The number of benzene rings is 1. The second kappa shape index (κ2) is 5.55. The molecule has 2 rings (SSSR count). The molecule has 0 saturated carbocycles. The van der Waals surface area contributed by atoms with E-state index in [1.807, 2.05) is 0 Å². The maximum absolute atomic E-state index is 13.4. The summed E-state index contributed by atoms with van der Waals surface area (Å²) in [5, 5.41) is 2.88. The molecule has 1 heterocycles. The molecule has 0 atom stereocenters. The molecular weight excluding hydrogens is 290 g/mol. The Bertz CT molecular complexity index is 647. The van der Waals surface area contributed by atoms with Crippen LogP contribution in [-0.2, 0) is 0 Å². The van der Waals surface area contributed by atoms with E-state index >= 15 is 0 Å². The lowest BCUT2D eigenvalue weighted by molar-refractivity contribution is 0.102. The fourth-order valence-electron chi connectivity index (χ4n) is 1.46. The Kier molecular flexibility index (Phi) is 4.02. The molecule has 1 aromatic heterocycles. The molecule has 3 nitrogen and oxygen atoms in total. The highest BCUT2D eigenvalue weighted by atomic mass is 35.5. The fourth-order valence-corrected chi connectivity index (χ4v) is 1.80. The minimum absolute atomic E-state index is 0.157. The summed E-state index contributed by atoms with van der Waals surface area (Å²) in [5.41, 5.74) is 1.03. The number of rotatable bonds is 2. The first-order chi connectivity index (χ1) is 8.97. The van der Waals surface area contributed by atoms with Gasteiger partial charge in [-0.3, -0.25) is 4.79 Å². The summed E-state index contributed by atoms with van der Waals surface area (Å²) < 4.78 is 13.4. The van der Waals surface area contributed by atoms with Crippen LogP contribution in [0.1, 0.15) is 15.9 Å². The number of nitrogens with zero attached hydrogens (tertiary/aromatic N) is 1. The minimum atomic E-state index is -0.474. The quantitative estimate of drug-likeness (QED) is 0.849. The van der Waals surface area contributed by atoms with Crippen LogP contribution in [0.25, 0.3) is 0 Å². The molecule has 1 N–H and O–H groups in total. The van der Waals surface area contributed by atoms with Crippen molar-refractivity contribution in [2.24, 2.45) is 0 Å². The summed E-state index contributed by atoms with van der Waals surface area (Å²) in [4.78, 5) is 15.7. The van der Waals surface area contributed by atoms with Crippen LogP contribution in [0.4, 0.5) is 10.1 Å². The van der Waals surface area contributed by atoms with Crippen molar-refractivity contribution in [3.05, 3.63) is 57.6 Å². The first-order valence-electron chi connectivity index (χ1n) is 5.36. The van der Waals surface area contributed by atoms with Gasteiger partial charge in [-0.2, -0.15) is 0 Å². The Hall–Kier alpha value is -1.65. The summed E-state index contributed by atoms with van der Waals surface area (Å²) >= 11 is 11.6. The van der Waals surface area contributed by atoms with Crippen molar-refractivity contribution in [3.8, 4) is 0 Å². The third-order valence-electron chi connectivity index (χ3n) is 2.50. The molecule has 0 radical (unpaired) electrons. The maximum Gasteiger partial charge on any atom is 0.257 e. The molecule has 0 aliphatic heterocycles. The molecule has 98 valence electrons. The van der Waals surface area contributed by atoms with Gasteiger partial charge in [-0.1, -0.05) is 29.3 Å². The number of pyridine rings is 1. The second-order valence-corrected chi connectivity index (χ2v) is 4.70. The highest BCUT2D eigenvalue weighted by molar-refractivity contribution is 6.35. The molecule has 19 heavy (non-hydrogen) atoms. The fraction of sp³-hybridized carbons (Fsp3) is 0.0769. The van der Waals surface area contributed by atoms with E-state index in [9.17, 15) is 9.18 Å². The van der Waals surface area contributed by atoms with Crippen LogP contribution >= 0.6 is 23.2 Å². The van der Waals surface area contributed by atoms with Crippen LogP contribution in [0.3, 0.4) is 0 Å². The van der Waals surface area contributed by atoms with Crippen molar-refractivity contribution in [3.63, 3.8) is 0 Å². The van der Waals surface area contributed by atoms with E-state index in [0.29, 0.717) is 11.3 Å². The smallest absolute Gasteiger partial charge is 0.257 e. The number of amides is 1. The van der Waals surface area contributed by atoms with Crippen LogP contribution in [-0.4, -0.2) is 10.9 Å². The van der Waals surface area contributed by atoms with Gasteiger partial charge in [0.1, 0.15) is 11.0 Å². The van der Waals surface area contributed by atoms with Crippen molar-refractivity contribution in [1.29, 1.82) is 0 Å². The molecular formula is C13H9Cl2FN2O. The largest absolute Gasteiger partial charge is 0.322 e. The number of aromatic nitrogens is 1.